The van der Waals surface area contributed by atoms with Crippen molar-refractivity contribution >= 4 is 5.91 Å². The molecule has 104 valence electrons. The van der Waals surface area contributed by atoms with Crippen LogP contribution in [0.2, 0.25) is 0 Å². The average molecular weight is 262 g/mol. The molecule has 1 fully saturated rings. The molecule has 0 saturated heterocycles. The minimum atomic E-state index is -0.0403. The Morgan fingerprint density at radius 2 is 2.16 bits per heavy atom. The Bertz CT molecular complexity index is 408. The second-order valence-electron chi connectivity index (χ2n) is 5.26. The van der Waals surface area contributed by atoms with E-state index in [4.69, 9.17) is 10.5 Å². The quantitative estimate of drug-likeness (QED) is 0.849. The fourth-order valence-corrected chi connectivity index (χ4v) is 2.42. The number of amides is 1. The van der Waals surface area contributed by atoms with Gasteiger partial charge in [-0.25, -0.2) is 0 Å². The van der Waals surface area contributed by atoms with Crippen molar-refractivity contribution in [2.45, 2.75) is 38.3 Å². The zero-order chi connectivity index (χ0) is 13.7. The summed E-state index contributed by atoms with van der Waals surface area (Å²) in [7, 11) is 0. The van der Waals surface area contributed by atoms with Crippen molar-refractivity contribution < 1.29 is 9.53 Å². The number of carbonyl (C=O) groups is 1. The zero-order valence-electron chi connectivity index (χ0n) is 11.3. The van der Waals surface area contributed by atoms with Gasteiger partial charge >= 0.3 is 0 Å². The topological polar surface area (TPSA) is 64.4 Å². The maximum absolute atomic E-state index is 11.9. The van der Waals surface area contributed by atoms with Crippen LogP contribution in [0.5, 0.6) is 5.75 Å². The second-order valence-corrected chi connectivity index (χ2v) is 5.26. The predicted octanol–water partition coefficient (Wildman–Crippen LogP) is 1.70. The number of hydrogen-bond acceptors (Lipinski definition) is 3. The van der Waals surface area contributed by atoms with Gasteiger partial charge in [-0.05, 0) is 38.3 Å². The largest absolute Gasteiger partial charge is 0.489 e. The van der Waals surface area contributed by atoms with Crippen LogP contribution in [-0.2, 0) is 4.79 Å². The van der Waals surface area contributed by atoms with E-state index in [1.165, 1.54) is 0 Å². The van der Waals surface area contributed by atoms with Crippen molar-refractivity contribution in [3.8, 4) is 5.75 Å². The fraction of sp³-hybridized carbons (Fsp3) is 0.533. The lowest BCUT2D eigenvalue weighted by Crippen LogP contribution is -2.37. The molecule has 1 saturated carbocycles. The Kier molecular flexibility index (Phi) is 4.80. The maximum atomic E-state index is 11.9. The molecule has 0 spiro atoms. The molecule has 19 heavy (non-hydrogen) atoms. The third kappa shape index (κ3) is 4.24. The molecule has 1 amide bonds. The molecule has 4 nitrogen and oxygen atoms in total. The highest BCUT2D eigenvalue weighted by Gasteiger charge is 2.27. The molecule has 0 aliphatic heterocycles. The Hall–Kier alpha value is -1.55. The summed E-state index contributed by atoms with van der Waals surface area (Å²) >= 11 is 0. The average Bonchev–Trinajstić information content (AvgIpc) is 2.84. The molecule has 0 bridgehead atoms. The van der Waals surface area contributed by atoms with E-state index in [2.05, 4.69) is 5.32 Å². The van der Waals surface area contributed by atoms with Crippen molar-refractivity contribution in [2.75, 3.05) is 6.54 Å². The van der Waals surface area contributed by atoms with Crippen LogP contribution in [0.15, 0.2) is 30.3 Å². The predicted molar refractivity (Wildman–Crippen MR) is 74.9 cm³/mol. The summed E-state index contributed by atoms with van der Waals surface area (Å²) in [5.41, 5.74) is 5.82. The second kappa shape index (κ2) is 6.57. The summed E-state index contributed by atoms with van der Waals surface area (Å²) in [5, 5.41) is 2.95. The lowest BCUT2D eigenvalue weighted by molar-refractivity contribution is -0.125. The van der Waals surface area contributed by atoms with Gasteiger partial charge < -0.3 is 15.8 Å². The Morgan fingerprint density at radius 3 is 2.79 bits per heavy atom. The van der Waals surface area contributed by atoms with Crippen LogP contribution in [0.25, 0.3) is 0 Å². The van der Waals surface area contributed by atoms with Gasteiger partial charge in [0, 0.05) is 12.0 Å². The van der Waals surface area contributed by atoms with E-state index in [0.717, 1.165) is 25.0 Å². The molecule has 4 heteroatoms. The van der Waals surface area contributed by atoms with Gasteiger partial charge in [0.1, 0.15) is 11.9 Å². The van der Waals surface area contributed by atoms with Crippen molar-refractivity contribution in [3.63, 3.8) is 0 Å². The molecule has 1 aliphatic rings. The molecular weight excluding hydrogens is 240 g/mol. The highest BCUT2D eigenvalue weighted by molar-refractivity contribution is 5.79. The number of para-hydroxylation sites is 1. The number of nitrogens with two attached hydrogens (primary N) is 1. The van der Waals surface area contributed by atoms with Crippen LogP contribution in [0, 0.1) is 5.92 Å². The number of hydrogen-bond donors (Lipinski definition) is 2. The van der Waals surface area contributed by atoms with E-state index >= 15 is 0 Å². The maximum Gasteiger partial charge on any atom is 0.223 e. The molecule has 3 unspecified atom stereocenters. The van der Waals surface area contributed by atoms with E-state index in [9.17, 15) is 4.79 Å². The van der Waals surface area contributed by atoms with Crippen LogP contribution in [0.4, 0.5) is 0 Å². The lowest BCUT2D eigenvalue weighted by Gasteiger charge is -2.17. The van der Waals surface area contributed by atoms with Gasteiger partial charge in [-0.15, -0.1) is 0 Å². The zero-order valence-corrected chi connectivity index (χ0v) is 11.3. The van der Waals surface area contributed by atoms with Crippen LogP contribution in [0.1, 0.15) is 26.2 Å². The van der Waals surface area contributed by atoms with Crippen LogP contribution < -0.4 is 15.8 Å². The molecule has 1 aromatic rings. The Labute approximate surface area is 114 Å². The highest BCUT2D eigenvalue weighted by Crippen LogP contribution is 2.24. The first-order valence-corrected chi connectivity index (χ1v) is 6.90. The molecule has 2 rings (SSSR count). The molecule has 0 radical (unpaired) electrons. The summed E-state index contributed by atoms with van der Waals surface area (Å²) in [5.74, 6) is 1.02. The minimum Gasteiger partial charge on any atom is -0.489 e. The number of benzene rings is 1. The van der Waals surface area contributed by atoms with E-state index in [-0.39, 0.29) is 24.0 Å². The molecule has 3 atom stereocenters. The number of ether oxygens (including phenoxy) is 1. The summed E-state index contributed by atoms with van der Waals surface area (Å²) in [6.45, 7) is 2.48. The summed E-state index contributed by atoms with van der Waals surface area (Å²) in [6.07, 6.45) is 2.62. The van der Waals surface area contributed by atoms with Gasteiger partial charge in [0.15, 0.2) is 0 Å². The minimum absolute atomic E-state index is 0.0403. The fourth-order valence-electron chi connectivity index (χ4n) is 2.42. The third-order valence-corrected chi connectivity index (χ3v) is 3.49. The van der Waals surface area contributed by atoms with E-state index in [0.29, 0.717) is 6.54 Å². The van der Waals surface area contributed by atoms with Crippen molar-refractivity contribution in [1.29, 1.82) is 0 Å². The van der Waals surface area contributed by atoms with Crippen LogP contribution >= 0.6 is 0 Å². The lowest BCUT2D eigenvalue weighted by atomic mass is 10.1. The normalized spacial score (nSPS) is 23.9. The van der Waals surface area contributed by atoms with Crippen molar-refractivity contribution in [1.82, 2.24) is 5.32 Å². The number of rotatable bonds is 5. The van der Waals surface area contributed by atoms with Crippen LogP contribution in [0.3, 0.4) is 0 Å². The molecule has 1 aromatic carbocycles. The smallest absolute Gasteiger partial charge is 0.223 e. The van der Waals surface area contributed by atoms with Gasteiger partial charge in [-0.2, -0.15) is 0 Å². The first-order chi connectivity index (χ1) is 9.15. The van der Waals surface area contributed by atoms with Gasteiger partial charge in [-0.3, -0.25) is 4.79 Å². The van der Waals surface area contributed by atoms with Crippen molar-refractivity contribution in [3.05, 3.63) is 30.3 Å². The summed E-state index contributed by atoms with van der Waals surface area (Å²) in [6, 6.07) is 9.82. The number of carbonyl (C=O) groups excluding carboxylic acids is 1. The number of nitrogens with one attached hydrogen (secondary N) is 1. The van der Waals surface area contributed by atoms with Crippen molar-refractivity contribution in [2.24, 2.45) is 11.7 Å². The van der Waals surface area contributed by atoms with Gasteiger partial charge in [-0.1, -0.05) is 18.2 Å². The molecule has 0 heterocycles. The third-order valence-electron chi connectivity index (χ3n) is 3.49. The molecule has 1 aliphatic carbocycles. The summed E-state index contributed by atoms with van der Waals surface area (Å²) in [4.78, 5) is 11.9. The molecule has 3 N–H and O–H groups in total. The first kappa shape index (κ1) is 13.9. The molecular formula is C15H22N2O2. The van der Waals surface area contributed by atoms with Gasteiger partial charge in [0.05, 0.1) is 6.54 Å². The van der Waals surface area contributed by atoms with Gasteiger partial charge in [0.2, 0.25) is 5.91 Å². The summed E-state index contributed by atoms with van der Waals surface area (Å²) < 4.78 is 5.71. The van der Waals surface area contributed by atoms with E-state index in [1.807, 2.05) is 37.3 Å². The van der Waals surface area contributed by atoms with E-state index < -0.39 is 0 Å². The monoisotopic (exact) mass is 262 g/mol. The highest BCUT2D eigenvalue weighted by atomic mass is 16.5. The molecule has 0 aromatic heterocycles. The van der Waals surface area contributed by atoms with Gasteiger partial charge in [0.25, 0.3) is 0 Å². The SMILES string of the molecule is CC(CNC(=O)C1CCC(N)C1)Oc1ccccc1. The Balaban J connectivity index is 1.71. The standard InChI is InChI=1S/C15H22N2O2/c1-11(19-14-5-3-2-4-6-14)10-17-15(18)12-7-8-13(16)9-12/h2-6,11-13H,7-10,16H2,1H3,(H,17,18). The first-order valence-electron chi connectivity index (χ1n) is 6.90. The Morgan fingerprint density at radius 1 is 1.42 bits per heavy atom. The van der Waals surface area contributed by atoms with E-state index in [1.54, 1.807) is 0 Å². The van der Waals surface area contributed by atoms with Crippen LogP contribution in [-0.4, -0.2) is 24.6 Å².